The highest BCUT2D eigenvalue weighted by Gasteiger charge is 2.42. The highest BCUT2D eigenvalue weighted by atomic mass is 19.1. The predicted molar refractivity (Wildman–Crippen MR) is 98.7 cm³/mol. The number of halogens is 1. The van der Waals surface area contributed by atoms with Crippen molar-refractivity contribution in [1.29, 1.82) is 0 Å². The van der Waals surface area contributed by atoms with Crippen molar-refractivity contribution in [3.05, 3.63) is 0 Å². The van der Waals surface area contributed by atoms with Gasteiger partial charge in [0, 0.05) is 51.6 Å². The first-order valence-corrected chi connectivity index (χ1v) is 9.98. The molecule has 26 heavy (non-hydrogen) atoms. The van der Waals surface area contributed by atoms with Crippen LogP contribution in [0.15, 0.2) is 0 Å². The topological polar surface area (TPSA) is 61.9 Å². The van der Waals surface area contributed by atoms with E-state index in [1.54, 1.807) is 4.90 Å². The first-order chi connectivity index (χ1) is 12.4. The van der Waals surface area contributed by atoms with E-state index in [0.717, 1.165) is 19.3 Å². The van der Waals surface area contributed by atoms with E-state index in [4.69, 9.17) is 4.74 Å². The molecule has 2 heterocycles. The second kappa shape index (κ2) is 9.53. The molecule has 2 aliphatic rings. The summed E-state index contributed by atoms with van der Waals surface area (Å²) in [4.78, 5) is 28.1. The van der Waals surface area contributed by atoms with Crippen molar-refractivity contribution in [2.75, 3.05) is 39.3 Å². The van der Waals surface area contributed by atoms with Crippen LogP contribution in [0.1, 0.15) is 52.9 Å². The number of nitrogens with one attached hydrogen (secondary N) is 1. The number of piperidine rings is 1. The van der Waals surface area contributed by atoms with Gasteiger partial charge in [-0.3, -0.25) is 4.79 Å². The van der Waals surface area contributed by atoms with Crippen LogP contribution in [-0.2, 0) is 9.53 Å². The number of hydrogen-bond acceptors (Lipinski definition) is 4. The maximum Gasteiger partial charge on any atom is 0.409 e. The fourth-order valence-corrected chi connectivity index (χ4v) is 3.77. The summed E-state index contributed by atoms with van der Waals surface area (Å²) in [5.74, 6) is -0.142. The summed E-state index contributed by atoms with van der Waals surface area (Å²) in [6.45, 7) is 9.29. The molecule has 0 radical (unpaired) electrons. The van der Waals surface area contributed by atoms with Gasteiger partial charge in [-0.15, -0.1) is 0 Å². The Labute approximate surface area is 156 Å². The van der Waals surface area contributed by atoms with Crippen molar-refractivity contribution in [1.82, 2.24) is 15.1 Å². The second-order valence-electron chi connectivity index (χ2n) is 7.88. The van der Waals surface area contributed by atoms with Gasteiger partial charge in [0.2, 0.25) is 0 Å². The molecule has 0 aromatic carbocycles. The number of carbonyl (C=O) groups is 2. The number of carbonyl (C=O) groups excluding carboxylic acids is 2. The maximum absolute atomic E-state index is 15.0. The van der Waals surface area contributed by atoms with E-state index >= 15 is 0 Å². The summed E-state index contributed by atoms with van der Waals surface area (Å²) in [5.41, 5.74) is -1.74. The summed E-state index contributed by atoms with van der Waals surface area (Å²) >= 11 is 0. The molecule has 0 aromatic heterocycles. The van der Waals surface area contributed by atoms with Crippen LogP contribution < -0.4 is 5.32 Å². The Morgan fingerprint density at radius 2 is 1.88 bits per heavy atom. The lowest BCUT2D eigenvalue weighted by Crippen LogP contribution is -2.53. The SMILES string of the molecule is CCOC(=O)N1CCCC(N2CCC(F)(C(=O)NCC(C)C)CC2)CC1. The van der Waals surface area contributed by atoms with Gasteiger partial charge in [0.1, 0.15) is 0 Å². The van der Waals surface area contributed by atoms with Crippen molar-refractivity contribution in [3.8, 4) is 0 Å². The van der Waals surface area contributed by atoms with Gasteiger partial charge in [0.05, 0.1) is 6.61 Å². The minimum atomic E-state index is -1.74. The molecular weight excluding hydrogens is 337 g/mol. The van der Waals surface area contributed by atoms with E-state index in [0.29, 0.717) is 51.3 Å². The zero-order valence-corrected chi connectivity index (χ0v) is 16.4. The molecule has 7 heteroatoms. The molecule has 0 aromatic rings. The third-order valence-electron chi connectivity index (χ3n) is 5.41. The zero-order valence-electron chi connectivity index (χ0n) is 16.4. The highest BCUT2D eigenvalue weighted by molar-refractivity contribution is 5.85. The summed E-state index contributed by atoms with van der Waals surface area (Å²) in [6, 6.07) is 0.345. The minimum absolute atomic E-state index is 0.239. The molecule has 0 bridgehead atoms. The first kappa shape index (κ1) is 20.9. The lowest BCUT2D eigenvalue weighted by molar-refractivity contribution is -0.136. The van der Waals surface area contributed by atoms with E-state index in [1.165, 1.54) is 0 Å². The molecule has 2 saturated heterocycles. The number of nitrogens with zero attached hydrogens (tertiary/aromatic N) is 2. The monoisotopic (exact) mass is 371 g/mol. The van der Waals surface area contributed by atoms with Crippen molar-refractivity contribution in [2.45, 2.75) is 64.6 Å². The van der Waals surface area contributed by atoms with E-state index in [1.807, 2.05) is 20.8 Å². The van der Waals surface area contributed by atoms with E-state index in [9.17, 15) is 14.0 Å². The van der Waals surface area contributed by atoms with Crippen molar-refractivity contribution in [3.63, 3.8) is 0 Å². The molecule has 2 amide bonds. The summed E-state index contributed by atoms with van der Waals surface area (Å²) in [5, 5.41) is 2.74. The van der Waals surface area contributed by atoms with Crippen LogP contribution in [0.4, 0.5) is 9.18 Å². The maximum atomic E-state index is 15.0. The Kier molecular flexibility index (Phi) is 7.68. The van der Waals surface area contributed by atoms with Gasteiger partial charge >= 0.3 is 6.09 Å². The molecule has 0 saturated carbocycles. The normalized spacial score (nSPS) is 24.2. The van der Waals surface area contributed by atoms with Crippen molar-refractivity contribution in [2.24, 2.45) is 5.92 Å². The third kappa shape index (κ3) is 5.56. The van der Waals surface area contributed by atoms with E-state index < -0.39 is 11.6 Å². The Balaban J connectivity index is 1.82. The van der Waals surface area contributed by atoms with Gasteiger partial charge in [-0.1, -0.05) is 13.8 Å². The second-order valence-corrected chi connectivity index (χ2v) is 7.88. The molecule has 2 fully saturated rings. The van der Waals surface area contributed by atoms with Crippen molar-refractivity contribution < 1.29 is 18.7 Å². The molecule has 2 rings (SSSR count). The van der Waals surface area contributed by atoms with Crippen LogP contribution >= 0.6 is 0 Å². The zero-order chi connectivity index (χ0) is 19.2. The lowest BCUT2D eigenvalue weighted by Gasteiger charge is -2.39. The summed E-state index contributed by atoms with van der Waals surface area (Å²) in [6.07, 6.45) is 3.04. The van der Waals surface area contributed by atoms with Gasteiger partial charge in [-0.05, 0) is 32.1 Å². The number of likely N-dealkylation sites (tertiary alicyclic amines) is 2. The number of amides is 2. The minimum Gasteiger partial charge on any atom is -0.450 e. The van der Waals surface area contributed by atoms with Gasteiger partial charge in [0.25, 0.3) is 5.91 Å². The Bertz CT molecular complexity index is 479. The molecule has 150 valence electrons. The van der Waals surface area contributed by atoms with Crippen LogP contribution in [0.25, 0.3) is 0 Å². The molecule has 0 spiro atoms. The summed E-state index contributed by atoms with van der Waals surface area (Å²) < 4.78 is 20.1. The largest absolute Gasteiger partial charge is 0.450 e. The molecule has 1 N–H and O–H groups in total. The predicted octanol–water partition coefficient (Wildman–Crippen LogP) is 2.57. The van der Waals surface area contributed by atoms with Crippen LogP contribution in [0, 0.1) is 5.92 Å². The van der Waals surface area contributed by atoms with Crippen LogP contribution in [0.3, 0.4) is 0 Å². The fraction of sp³-hybridized carbons (Fsp3) is 0.895. The van der Waals surface area contributed by atoms with Crippen LogP contribution in [0.2, 0.25) is 0 Å². The molecule has 1 atom stereocenters. The lowest BCUT2D eigenvalue weighted by atomic mass is 9.90. The fourth-order valence-electron chi connectivity index (χ4n) is 3.77. The van der Waals surface area contributed by atoms with E-state index in [2.05, 4.69) is 10.2 Å². The van der Waals surface area contributed by atoms with Crippen LogP contribution in [-0.4, -0.2) is 72.8 Å². The number of alkyl halides is 1. The summed E-state index contributed by atoms with van der Waals surface area (Å²) in [7, 11) is 0. The standard InChI is InChI=1S/C19H34FN3O3/c1-4-26-18(25)23-10-5-6-16(7-11-23)22-12-8-19(20,9-13-22)17(24)21-14-15(2)3/h15-16H,4-14H2,1-3H3,(H,21,24). The Hall–Kier alpha value is -1.37. The third-order valence-corrected chi connectivity index (χ3v) is 5.41. The van der Waals surface area contributed by atoms with Gasteiger partial charge in [-0.2, -0.15) is 0 Å². The van der Waals surface area contributed by atoms with Gasteiger partial charge < -0.3 is 19.9 Å². The van der Waals surface area contributed by atoms with Crippen LogP contribution in [0.5, 0.6) is 0 Å². The molecule has 1 unspecified atom stereocenters. The molecule has 6 nitrogen and oxygen atoms in total. The van der Waals surface area contributed by atoms with E-state index in [-0.39, 0.29) is 18.9 Å². The van der Waals surface area contributed by atoms with Crippen molar-refractivity contribution >= 4 is 12.0 Å². The quantitative estimate of drug-likeness (QED) is 0.807. The average molecular weight is 371 g/mol. The Morgan fingerprint density at radius 3 is 2.50 bits per heavy atom. The van der Waals surface area contributed by atoms with Gasteiger partial charge in [0.15, 0.2) is 5.67 Å². The number of hydrogen-bond donors (Lipinski definition) is 1. The van der Waals surface area contributed by atoms with Gasteiger partial charge in [-0.25, -0.2) is 9.18 Å². The first-order valence-electron chi connectivity index (χ1n) is 9.98. The molecule has 2 aliphatic heterocycles. The molecular formula is C19H34FN3O3. The Morgan fingerprint density at radius 1 is 1.19 bits per heavy atom. The smallest absolute Gasteiger partial charge is 0.409 e. The average Bonchev–Trinajstić information content (AvgIpc) is 2.86. The number of rotatable bonds is 5. The molecule has 0 aliphatic carbocycles. The number of ether oxygens (including phenoxy) is 1. The highest BCUT2D eigenvalue weighted by Crippen LogP contribution is 2.30.